The molecule has 0 saturated heterocycles. The number of hydrogen-bond donors (Lipinski definition) is 3. The normalized spacial score (nSPS) is 11.5. The van der Waals surface area contributed by atoms with Crippen LogP contribution in [0.2, 0.25) is 0 Å². The van der Waals surface area contributed by atoms with E-state index in [-0.39, 0.29) is 24.0 Å². The van der Waals surface area contributed by atoms with Crippen molar-refractivity contribution in [1.82, 2.24) is 15.5 Å². The Morgan fingerprint density at radius 2 is 2.26 bits per heavy atom. The van der Waals surface area contributed by atoms with Crippen molar-refractivity contribution in [1.29, 1.82) is 0 Å². The van der Waals surface area contributed by atoms with Crippen molar-refractivity contribution in [2.24, 2.45) is 16.6 Å². The highest BCUT2D eigenvalue weighted by Crippen LogP contribution is 2.05. The van der Waals surface area contributed by atoms with Gasteiger partial charge >= 0.3 is 0 Å². The van der Waals surface area contributed by atoms with Crippen LogP contribution in [-0.2, 0) is 6.42 Å². The SMILES string of the molecule is Cc1[nH]ncc1CCCN=C(N)NCCC(C)C.I. The number of H-pyrrole nitrogens is 1. The van der Waals surface area contributed by atoms with Gasteiger partial charge in [-0.25, -0.2) is 0 Å². The van der Waals surface area contributed by atoms with Crippen LogP contribution in [0.5, 0.6) is 0 Å². The van der Waals surface area contributed by atoms with E-state index in [1.807, 2.05) is 13.1 Å². The fourth-order valence-corrected chi connectivity index (χ4v) is 1.64. The van der Waals surface area contributed by atoms with Crippen LogP contribution in [0.1, 0.15) is 37.9 Å². The molecular formula is C13H26IN5. The first kappa shape index (κ1) is 18.2. The minimum absolute atomic E-state index is 0. The molecule has 0 aliphatic heterocycles. The van der Waals surface area contributed by atoms with Crippen LogP contribution in [0.25, 0.3) is 0 Å². The third-order valence-corrected chi connectivity index (χ3v) is 2.85. The van der Waals surface area contributed by atoms with Gasteiger partial charge < -0.3 is 11.1 Å². The van der Waals surface area contributed by atoms with Gasteiger partial charge in [-0.2, -0.15) is 5.10 Å². The molecule has 1 aromatic rings. The third-order valence-electron chi connectivity index (χ3n) is 2.85. The highest BCUT2D eigenvalue weighted by atomic mass is 127. The molecule has 0 amide bonds. The Morgan fingerprint density at radius 1 is 1.53 bits per heavy atom. The van der Waals surface area contributed by atoms with E-state index in [1.165, 1.54) is 5.56 Å². The van der Waals surface area contributed by atoms with Crippen molar-refractivity contribution in [2.45, 2.75) is 40.0 Å². The summed E-state index contributed by atoms with van der Waals surface area (Å²) in [5, 5.41) is 10.1. The summed E-state index contributed by atoms with van der Waals surface area (Å²) in [7, 11) is 0. The maximum atomic E-state index is 5.77. The Hall–Kier alpha value is -0.790. The molecule has 0 aliphatic carbocycles. The molecule has 0 saturated carbocycles. The molecule has 0 aromatic carbocycles. The minimum atomic E-state index is 0. The fourth-order valence-electron chi connectivity index (χ4n) is 1.64. The summed E-state index contributed by atoms with van der Waals surface area (Å²) < 4.78 is 0. The lowest BCUT2D eigenvalue weighted by Crippen LogP contribution is -2.33. The molecule has 0 unspecified atom stereocenters. The summed E-state index contributed by atoms with van der Waals surface area (Å²) in [6.45, 7) is 8.08. The molecule has 0 radical (unpaired) electrons. The molecular weight excluding hydrogens is 353 g/mol. The molecule has 0 spiro atoms. The number of nitrogens with one attached hydrogen (secondary N) is 2. The molecule has 5 nitrogen and oxygen atoms in total. The summed E-state index contributed by atoms with van der Waals surface area (Å²) in [4.78, 5) is 4.30. The standard InChI is InChI=1S/C13H25N5.HI/c1-10(2)6-8-16-13(14)15-7-4-5-12-9-17-18-11(12)3;/h9-10H,4-8H2,1-3H3,(H,17,18)(H3,14,15,16);1H. The fraction of sp³-hybridized carbons (Fsp3) is 0.692. The van der Waals surface area contributed by atoms with Crippen LogP contribution in [0.3, 0.4) is 0 Å². The van der Waals surface area contributed by atoms with Crippen LogP contribution in [0.4, 0.5) is 0 Å². The van der Waals surface area contributed by atoms with Crippen molar-refractivity contribution in [3.63, 3.8) is 0 Å². The first-order valence-electron chi connectivity index (χ1n) is 6.62. The lowest BCUT2D eigenvalue weighted by atomic mass is 10.1. The first-order chi connectivity index (χ1) is 8.59. The summed E-state index contributed by atoms with van der Waals surface area (Å²) in [5.41, 5.74) is 8.17. The van der Waals surface area contributed by atoms with Gasteiger partial charge in [0.1, 0.15) is 0 Å². The van der Waals surface area contributed by atoms with E-state index in [4.69, 9.17) is 5.73 Å². The monoisotopic (exact) mass is 379 g/mol. The molecule has 0 aliphatic rings. The molecule has 1 rings (SSSR count). The number of halogens is 1. The number of aryl methyl sites for hydroxylation is 2. The molecule has 110 valence electrons. The number of nitrogens with two attached hydrogens (primary N) is 1. The van der Waals surface area contributed by atoms with E-state index >= 15 is 0 Å². The predicted molar refractivity (Wildman–Crippen MR) is 91.0 cm³/mol. The molecule has 19 heavy (non-hydrogen) atoms. The quantitative estimate of drug-likeness (QED) is 0.294. The smallest absolute Gasteiger partial charge is 0.188 e. The van der Waals surface area contributed by atoms with Gasteiger partial charge in [0, 0.05) is 18.8 Å². The molecule has 4 N–H and O–H groups in total. The number of hydrogen-bond acceptors (Lipinski definition) is 2. The van der Waals surface area contributed by atoms with Gasteiger partial charge in [-0.1, -0.05) is 13.8 Å². The van der Waals surface area contributed by atoms with Crippen molar-refractivity contribution < 1.29 is 0 Å². The highest BCUT2D eigenvalue weighted by Gasteiger charge is 1.99. The van der Waals surface area contributed by atoms with Gasteiger partial charge in [-0.15, -0.1) is 24.0 Å². The summed E-state index contributed by atoms with van der Waals surface area (Å²) in [6, 6.07) is 0. The van der Waals surface area contributed by atoms with E-state index in [2.05, 4.69) is 34.4 Å². The minimum Gasteiger partial charge on any atom is -0.370 e. The van der Waals surface area contributed by atoms with Crippen LogP contribution in [0, 0.1) is 12.8 Å². The molecule has 1 heterocycles. The van der Waals surface area contributed by atoms with Crippen LogP contribution in [-0.4, -0.2) is 29.2 Å². The third kappa shape index (κ3) is 8.07. The highest BCUT2D eigenvalue weighted by molar-refractivity contribution is 14.0. The van der Waals surface area contributed by atoms with Gasteiger partial charge in [0.15, 0.2) is 5.96 Å². The van der Waals surface area contributed by atoms with Gasteiger partial charge in [0.2, 0.25) is 0 Å². The van der Waals surface area contributed by atoms with E-state index in [9.17, 15) is 0 Å². The van der Waals surface area contributed by atoms with E-state index in [0.717, 1.165) is 38.0 Å². The van der Waals surface area contributed by atoms with Crippen LogP contribution in [0.15, 0.2) is 11.2 Å². The maximum absolute atomic E-state index is 5.77. The second-order valence-corrected chi connectivity index (χ2v) is 5.00. The Balaban J connectivity index is 0.00000324. The number of aromatic amines is 1. The number of aliphatic imine (C=N–C) groups is 1. The second-order valence-electron chi connectivity index (χ2n) is 5.00. The topological polar surface area (TPSA) is 79.1 Å². The maximum Gasteiger partial charge on any atom is 0.188 e. The van der Waals surface area contributed by atoms with Crippen molar-refractivity contribution in [3.8, 4) is 0 Å². The van der Waals surface area contributed by atoms with Gasteiger partial charge in [0.25, 0.3) is 0 Å². The Morgan fingerprint density at radius 3 is 2.84 bits per heavy atom. The molecule has 0 fully saturated rings. The molecule has 0 atom stereocenters. The van der Waals surface area contributed by atoms with Gasteiger partial charge in [0.05, 0.1) is 6.20 Å². The van der Waals surface area contributed by atoms with E-state index < -0.39 is 0 Å². The predicted octanol–water partition coefficient (Wildman–Crippen LogP) is 2.22. The first-order valence-corrected chi connectivity index (χ1v) is 6.62. The average Bonchev–Trinajstić information content (AvgIpc) is 2.70. The van der Waals surface area contributed by atoms with Crippen molar-refractivity contribution in [2.75, 3.05) is 13.1 Å². The largest absolute Gasteiger partial charge is 0.370 e. The van der Waals surface area contributed by atoms with Gasteiger partial charge in [-0.3, -0.25) is 10.1 Å². The van der Waals surface area contributed by atoms with Crippen molar-refractivity contribution in [3.05, 3.63) is 17.5 Å². The Labute approximate surface area is 132 Å². The van der Waals surface area contributed by atoms with Crippen molar-refractivity contribution >= 4 is 29.9 Å². The number of nitrogens with zero attached hydrogens (tertiary/aromatic N) is 2. The van der Waals surface area contributed by atoms with Crippen LogP contribution < -0.4 is 11.1 Å². The zero-order valence-corrected chi connectivity index (χ0v) is 14.4. The molecule has 6 heteroatoms. The lowest BCUT2D eigenvalue weighted by molar-refractivity contribution is 0.576. The summed E-state index contributed by atoms with van der Waals surface area (Å²) >= 11 is 0. The molecule has 1 aromatic heterocycles. The number of aromatic nitrogens is 2. The van der Waals surface area contributed by atoms with E-state index in [1.54, 1.807) is 0 Å². The van der Waals surface area contributed by atoms with Crippen LogP contribution >= 0.6 is 24.0 Å². The van der Waals surface area contributed by atoms with Gasteiger partial charge in [-0.05, 0) is 37.7 Å². The number of rotatable bonds is 7. The summed E-state index contributed by atoms with van der Waals surface area (Å²) in [5.74, 6) is 1.24. The number of guanidine groups is 1. The van der Waals surface area contributed by atoms with E-state index in [0.29, 0.717) is 11.9 Å². The summed E-state index contributed by atoms with van der Waals surface area (Å²) in [6.07, 6.45) is 4.98. The zero-order chi connectivity index (χ0) is 13.4. The second kappa shape index (κ2) is 10.1. The zero-order valence-electron chi connectivity index (χ0n) is 12.1. The molecule has 0 bridgehead atoms. The average molecular weight is 379 g/mol. The Bertz CT molecular complexity index is 373. The Kier molecular flexibility index (Phi) is 9.63. The lowest BCUT2D eigenvalue weighted by Gasteiger charge is -2.07.